The maximum atomic E-state index is 13.0. The Morgan fingerprint density at radius 1 is 1.08 bits per heavy atom. The minimum atomic E-state index is -0.444. The van der Waals surface area contributed by atoms with Gasteiger partial charge in [-0.05, 0) is 31.2 Å². The molecule has 0 aliphatic rings. The second-order valence-corrected chi connectivity index (χ2v) is 5.61. The fourth-order valence-corrected chi connectivity index (χ4v) is 2.89. The third-order valence-electron chi connectivity index (χ3n) is 4.10. The van der Waals surface area contributed by atoms with Gasteiger partial charge in [-0.1, -0.05) is 18.2 Å². The quantitative estimate of drug-likeness (QED) is 0.527. The van der Waals surface area contributed by atoms with E-state index in [0.717, 1.165) is 0 Å². The Balaban J connectivity index is 2.14. The van der Waals surface area contributed by atoms with E-state index in [1.807, 2.05) is 18.2 Å². The van der Waals surface area contributed by atoms with Gasteiger partial charge in [0, 0.05) is 6.07 Å². The van der Waals surface area contributed by atoms with Gasteiger partial charge in [-0.15, -0.1) is 0 Å². The van der Waals surface area contributed by atoms with Crippen LogP contribution >= 0.6 is 0 Å². The molecule has 0 amide bonds. The monoisotopic (exact) mass is 334 g/mol. The molecule has 0 saturated heterocycles. The van der Waals surface area contributed by atoms with Gasteiger partial charge in [0.25, 0.3) is 5.56 Å². The van der Waals surface area contributed by atoms with Gasteiger partial charge in [0.15, 0.2) is 5.39 Å². The third-order valence-corrected chi connectivity index (χ3v) is 4.10. The molecule has 4 rings (SSSR count). The van der Waals surface area contributed by atoms with Crippen LogP contribution in [0.2, 0.25) is 0 Å². The first-order chi connectivity index (χ1) is 12.1. The molecule has 6 heteroatoms. The van der Waals surface area contributed by atoms with Crippen LogP contribution in [0.25, 0.3) is 27.8 Å². The molecule has 0 aliphatic carbocycles. The zero-order valence-electron chi connectivity index (χ0n) is 13.6. The lowest BCUT2D eigenvalue weighted by atomic mass is 10.2. The molecule has 0 unspecified atom stereocenters. The molecule has 25 heavy (non-hydrogen) atoms. The minimum absolute atomic E-state index is 0.0282. The Morgan fingerprint density at radius 3 is 2.56 bits per heavy atom. The van der Waals surface area contributed by atoms with Gasteiger partial charge in [-0.2, -0.15) is 4.98 Å². The summed E-state index contributed by atoms with van der Waals surface area (Å²) in [5, 5.41) is 0.253. The largest absolute Gasteiger partial charge is 0.497 e. The maximum absolute atomic E-state index is 13.0. The molecular weight excluding hydrogens is 320 g/mol. The molecule has 0 bridgehead atoms. The van der Waals surface area contributed by atoms with Gasteiger partial charge in [-0.3, -0.25) is 14.2 Å². The fourth-order valence-electron chi connectivity index (χ4n) is 2.89. The van der Waals surface area contributed by atoms with Crippen molar-refractivity contribution >= 4 is 22.1 Å². The zero-order valence-corrected chi connectivity index (χ0v) is 13.6. The number of nitrogens with zero attached hydrogens (tertiary/aromatic N) is 2. The van der Waals surface area contributed by atoms with Gasteiger partial charge in [-0.25, -0.2) is 0 Å². The smallest absolute Gasteiger partial charge is 0.273 e. The number of hydrogen-bond acceptors (Lipinski definition) is 5. The molecule has 2 aromatic carbocycles. The van der Waals surface area contributed by atoms with Gasteiger partial charge in [0.2, 0.25) is 11.1 Å². The average molecular weight is 334 g/mol. The lowest BCUT2D eigenvalue weighted by molar-refractivity contribution is 0.414. The predicted molar refractivity (Wildman–Crippen MR) is 94.7 cm³/mol. The van der Waals surface area contributed by atoms with Crippen molar-refractivity contribution in [3.8, 4) is 11.4 Å². The number of aryl methyl sites for hydroxylation is 1. The summed E-state index contributed by atoms with van der Waals surface area (Å²) in [5.41, 5.74) is 0.163. The standard InChI is InChI=1S/C19H14N2O4/c1-11-20-18-16(19(23)21(11)12-6-4-3-5-7-12)17(22)14-9-8-13(24-2)10-15(14)25-18/h3-10H,1-2H3. The highest BCUT2D eigenvalue weighted by molar-refractivity contribution is 5.88. The Kier molecular flexibility index (Phi) is 3.39. The lowest BCUT2D eigenvalue weighted by Gasteiger charge is -2.10. The third kappa shape index (κ3) is 2.30. The molecule has 0 radical (unpaired) electrons. The van der Waals surface area contributed by atoms with Gasteiger partial charge >= 0.3 is 0 Å². The Bertz CT molecular complexity index is 1220. The first-order valence-corrected chi connectivity index (χ1v) is 7.70. The van der Waals surface area contributed by atoms with Crippen molar-refractivity contribution in [1.29, 1.82) is 0 Å². The second-order valence-electron chi connectivity index (χ2n) is 5.61. The Labute approximate surface area is 141 Å². The summed E-state index contributed by atoms with van der Waals surface area (Å²) >= 11 is 0. The summed E-state index contributed by atoms with van der Waals surface area (Å²) < 4.78 is 12.3. The number of hydrogen-bond donors (Lipinski definition) is 0. The lowest BCUT2D eigenvalue weighted by Crippen LogP contribution is -2.26. The molecule has 0 aliphatic heterocycles. The highest BCUT2D eigenvalue weighted by Gasteiger charge is 2.17. The number of benzene rings is 2. The molecule has 0 spiro atoms. The molecule has 0 atom stereocenters. The van der Waals surface area contributed by atoms with Crippen LogP contribution in [0, 0.1) is 6.92 Å². The normalized spacial score (nSPS) is 11.1. The van der Waals surface area contributed by atoms with Crippen molar-refractivity contribution in [3.63, 3.8) is 0 Å². The van der Waals surface area contributed by atoms with Gasteiger partial charge in [0.05, 0.1) is 18.2 Å². The number of aromatic nitrogens is 2. The first-order valence-electron chi connectivity index (χ1n) is 7.70. The van der Waals surface area contributed by atoms with Crippen molar-refractivity contribution < 1.29 is 9.15 Å². The molecule has 6 nitrogen and oxygen atoms in total. The summed E-state index contributed by atoms with van der Waals surface area (Å²) in [6.45, 7) is 1.70. The molecule has 124 valence electrons. The molecule has 2 aromatic heterocycles. The Morgan fingerprint density at radius 2 is 1.84 bits per heavy atom. The summed E-state index contributed by atoms with van der Waals surface area (Å²) in [6, 6.07) is 13.9. The van der Waals surface area contributed by atoms with Crippen molar-refractivity contribution in [3.05, 3.63) is 74.9 Å². The topological polar surface area (TPSA) is 74.3 Å². The Hall–Kier alpha value is -3.41. The minimum Gasteiger partial charge on any atom is -0.497 e. The van der Waals surface area contributed by atoms with E-state index in [0.29, 0.717) is 28.2 Å². The molecule has 4 aromatic rings. The molecule has 2 heterocycles. The van der Waals surface area contributed by atoms with E-state index < -0.39 is 11.0 Å². The second kappa shape index (κ2) is 5.59. The van der Waals surface area contributed by atoms with Crippen LogP contribution in [0.3, 0.4) is 0 Å². The predicted octanol–water partition coefficient (Wildman–Crippen LogP) is 2.81. The SMILES string of the molecule is COc1ccc2c(=O)c3c(=O)n(-c4ccccc4)c(C)nc3oc2c1. The van der Waals surface area contributed by atoms with E-state index in [9.17, 15) is 9.59 Å². The van der Waals surface area contributed by atoms with Crippen molar-refractivity contribution in [2.75, 3.05) is 7.11 Å². The van der Waals surface area contributed by atoms with Crippen LogP contribution in [0.5, 0.6) is 5.75 Å². The first kappa shape index (κ1) is 15.1. The highest BCUT2D eigenvalue weighted by Crippen LogP contribution is 2.21. The summed E-state index contributed by atoms with van der Waals surface area (Å²) in [6.07, 6.45) is 0. The number of rotatable bonds is 2. The van der Waals surface area contributed by atoms with Crippen LogP contribution in [0.15, 0.2) is 62.5 Å². The number of ether oxygens (including phenoxy) is 1. The average Bonchev–Trinajstić information content (AvgIpc) is 2.61. The van der Waals surface area contributed by atoms with Crippen LogP contribution in [-0.4, -0.2) is 16.7 Å². The molecular formula is C19H14N2O4. The molecule has 0 N–H and O–H groups in total. The number of fused-ring (bicyclic) bond motifs is 2. The number of methoxy groups -OCH3 is 1. The summed E-state index contributed by atoms with van der Waals surface area (Å²) in [5.74, 6) is 0.999. The van der Waals surface area contributed by atoms with Gasteiger partial charge < -0.3 is 9.15 Å². The van der Waals surface area contributed by atoms with E-state index in [2.05, 4.69) is 4.98 Å². The number of para-hydroxylation sites is 1. The summed E-state index contributed by atoms with van der Waals surface area (Å²) in [4.78, 5) is 30.2. The van der Waals surface area contributed by atoms with Crippen molar-refractivity contribution in [2.24, 2.45) is 0 Å². The van der Waals surface area contributed by atoms with Gasteiger partial charge in [0.1, 0.15) is 17.2 Å². The molecule has 0 saturated carbocycles. The maximum Gasteiger partial charge on any atom is 0.273 e. The fraction of sp³-hybridized carbons (Fsp3) is 0.105. The summed E-state index contributed by atoms with van der Waals surface area (Å²) in [7, 11) is 1.53. The van der Waals surface area contributed by atoms with Crippen LogP contribution in [0.4, 0.5) is 0 Å². The van der Waals surface area contributed by atoms with E-state index in [1.165, 1.54) is 11.7 Å². The van der Waals surface area contributed by atoms with E-state index in [1.54, 1.807) is 37.3 Å². The van der Waals surface area contributed by atoms with Crippen molar-refractivity contribution in [2.45, 2.75) is 6.92 Å². The van der Waals surface area contributed by atoms with E-state index >= 15 is 0 Å². The van der Waals surface area contributed by atoms with Crippen LogP contribution in [0.1, 0.15) is 5.82 Å². The van der Waals surface area contributed by atoms with E-state index in [-0.39, 0.29) is 11.1 Å². The zero-order chi connectivity index (χ0) is 17.6. The molecule has 0 fully saturated rings. The van der Waals surface area contributed by atoms with Crippen molar-refractivity contribution in [1.82, 2.24) is 9.55 Å². The van der Waals surface area contributed by atoms with Crippen LogP contribution in [-0.2, 0) is 0 Å². The van der Waals surface area contributed by atoms with E-state index in [4.69, 9.17) is 9.15 Å². The van der Waals surface area contributed by atoms with Crippen LogP contribution < -0.4 is 15.7 Å². The highest BCUT2D eigenvalue weighted by atomic mass is 16.5.